The van der Waals surface area contributed by atoms with Crippen molar-refractivity contribution in [1.29, 1.82) is 0 Å². The maximum Gasteiger partial charge on any atom is 0.137 e. The van der Waals surface area contributed by atoms with Gasteiger partial charge in [-0.2, -0.15) is 0 Å². The van der Waals surface area contributed by atoms with Crippen LogP contribution in [0.25, 0.3) is 16.9 Å². The van der Waals surface area contributed by atoms with E-state index in [0.717, 1.165) is 42.2 Å². The Bertz CT molecular complexity index is 830. The molecular weight excluding hydrogens is 346 g/mol. The smallest absolute Gasteiger partial charge is 0.137 e. The summed E-state index contributed by atoms with van der Waals surface area (Å²) in [6, 6.07) is 12.7. The fourth-order valence-corrected chi connectivity index (χ4v) is 3.38. The largest absolute Gasteiger partial charge is 0.493 e. The van der Waals surface area contributed by atoms with Crippen LogP contribution in [0.3, 0.4) is 0 Å². The summed E-state index contributed by atoms with van der Waals surface area (Å²) < 4.78 is 8.22. The summed E-state index contributed by atoms with van der Waals surface area (Å²) in [5, 5.41) is 0. The van der Waals surface area contributed by atoms with Crippen molar-refractivity contribution in [3.05, 3.63) is 48.8 Å². The summed E-state index contributed by atoms with van der Waals surface area (Å²) in [5.41, 5.74) is 4.22. The van der Waals surface area contributed by atoms with E-state index in [4.69, 9.17) is 9.72 Å². The highest BCUT2D eigenvalue weighted by atomic mass is 16.5. The molecule has 4 heteroatoms. The number of anilines is 1. The molecule has 0 saturated carbocycles. The van der Waals surface area contributed by atoms with E-state index in [2.05, 4.69) is 54.5 Å². The summed E-state index contributed by atoms with van der Waals surface area (Å²) in [6.45, 7) is 9.55. The molecule has 2 heterocycles. The van der Waals surface area contributed by atoms with Gasteiger partial charge < -0.3 is 14.0 Å². The predicted molar refractivity (Wildman–Crippen MR) is 118 cm³/mol. The van der Waals surface area contributed by atoms with Crippen LogP contribution in [0.4, 0.5) is 5.69 Å². The minimum atomic E-state index is 0.716. The number of aromatic nitrogens is 2. The van der Waals surface area contributed by atoms with Gasteiger partial charge in [0.15, 0.2) is 0 Å². The lowest BCUT2D eigenvalue weighted by atomic mass is 10.1. The van der Waals surface area contributed by atoms with Crippen molar-refractivity contribution in [3.8, 4) is 17.0 Å². The Morgan fingerprint density at radius 1 is 0.964 bits per heavy atom. The third-order valence-corrected chi connectivity index (χ3v) is 5.00. The zero-order valence-electron chi connectivity index (χ0n) is 17.5. The summed E-state index contributed by atoms with van der Waals surface area (Å²) in [7, 11) is 0. The molecule has 0 saturated heterocycles. The van der Waals surface area contributed by atoms with E-state index >= 15 is 0 Å². The number of rotatable bonds is 11. The summed E-state index contributed by atoms with van der Waals surface area (Å²) in [4.78, 5) is 7.29. The lowest BCUT2D eigenvalue weighted by Gasteiger charge is -2.26. The third kappa shape index (κ3) is 4.86. The van der Waals surface area contributed by atoms with E-state index in [1.807, 2.05) is 24.4 Å². The normalized spacial score (nSPS) is 11.1. The molecule has 0 spiro atoms. The number of fused-ring (bicyclic) bond motifs is 1. The second-order valence-electron chi connectivity index (χ2n) is 7.32. The van der Waals surface area contributed by atoms with Gasteiger partial charge in [0.25, 0.3) is 0 Å². The van der Waals surface area contributed by atoms with Crippen LogP contribution in [0.5, 0.6) is 5.75 Å². The molecule has 0 aliphatic heterocycles. The first kappa shape index (κ1) is 20.2. The van der Waals surface area contributed by atoms with Crippen molar-refractivity contribution in [2.24, 2.45) is 0 Å². The van der Waals surface area contributed by atoms with Crippen LogP contribution < -0.4 is 9.64 Å². The molecule has 0 unspecified atom stereocenters. The van der Waals surface area contributed by atoms with Gasteiger partial charge in [0, 0.05) is 42.8 Å². The molecule has 4 nitrogen and oxygen atoms in total. The van der Waals surface area contributed by atoms with Crippen molar-refractivity contribution < 1.29 is 4.74 Å². The van der Waals surface area contributed by atoms with Crippen LogP contribution in [0.15, 0.2) is 48.8 Å². The van der Waals surface area contributed by atoms with Crippen molar-refractivity contribution in [1.82, 2.24) is 9.38 Å². The van der Waals surface area contributed by atoms with E-state index in [1.165, 1.54) is 31.4 Å². The average molecular weight is 380 g/mol. The maximum absolute atomic E-state index is 6.16. The van der Waals surface area contributed by atoms with Crippen LogP contribution in [0, 0.1) is 0 Å². The van der Waals surface area contributed by atoms with E-state index in [0.29, 0.717) is 6.61 Å². The molecule has 150 valence electrons. The van der Waals surface area contributed by atoms with Crippen molar-refractivity contribution in [2.75, 3.05) is 24.6 Å². The highest BCUT2D eigenvalue weighted by molar-refractivity contribution is 5.72. The Kier molecular flexibility index (Phi) is 7.35. The van der Waals surface area contributed by atoms with Gasteiger partial charge in [0.05, 0.1) is 12.3 Å². The molecule has 0 bridgehead atoms. The molecular formula is C24H33N3O. The fraction of sp³-hybridized carbons (Fsp3) is 0.458. The van der Waals surface area contributed by atoms with Gasteiger partial charge in [0.1, 0.15) is 11.4 Å². The molecule has 0 aliphatic carbocycles. The summed E-state index contributed by atoms with van der Waals surface area (Å²) in [5.74, 6) is 0.931. The minimum Gasteiger partial charge on any atom is -0.493 e. The van der Waals surface area contributed by atoms with E-state index in [9.17, 15) is 0 Å². The van der Waals surface area contributed by atoms with Crippen molar-refractivity contribution >= 4 is 11.3 Å². The molecule has 0 fully saturated rings. The van der Waals surface area contributed by atoms with Gasteiger partial charge in [-0.3, -0.25) is 0 Å². The van der Waals surface area contributed by atoms with Crippen molar-refractivity contribution in [3.63, 3.8) is 0 Å². The highest BCUT2D eigenvalue weighted by Crippen LogP contribution is 2.34. The maximum atomic E-state index is 6.16. The minimum absolute atomic E-state index is 0.716. The Morgan fingerprint density at radius 3 is 2.43 bits per heavy atom. The quantitative estimate of drug-likeness (QED) is 0.397. The molecule has 0 aliphatic rings. The first-order chi connectivity index (χ1) is 13.8. The molecule has 1 aromatic carbocycles. The number of ether oxygens (including phenoxy) is 1. The topological polar surface area (TPSA) is 29.8 Å². The first-order valence-electron chi connectivity index (χ1n) is 10.7. The second-order valence-corrected chi connectivity index (χ2v) is 7.32. The molecule has 2 aromatic heterocycles. The lowest BCUT2D eigenvalue weighted by Crippen LogP contribution is -2.25. The molecule has 0 N–H and O–H groups in total. The van der Waals surface area contributed by atoms with E-state index in [1.54, 1.807) is 0 Å². The number of nitrogens with zero attached hydrogens (tertiary/aromatic N) is 3. The number of hydrogen-bond donors (Lipinski definition) is 0. The van der Waals surface area contributed by atoms with Crippen LogP contribution in [0.2, 0.25) is 0 Å². The number of benzene rings is 1. The van der Waals surface area contributed by atoms with Gasteiger partial charge in [-0.05, 0) is 43.5 Å². The van der Waals surface area contributed by atoms with Crippen LogP contribution in [-0.2, 0) is 0 Å². The Labute approximate surface area is 169 Å². The van der Waals surface area contributed by atoms with Crippen LogP contribution in [0.1, 0.15) is 52.9 Å². The Morgan fingerprint density at radius 2 is 1.75 bits per heavy atom. The number of unbranched alkanes of at least 4 members (excludes halogenated alkanes) is 2. The monoisotopic (exact) mass is 379 g/mol. The zero-order chi connectivity index (χ0) is 19.8. The van der Waals surface area contributed by atoms with Crippen LogP contribution >= 0.6 is 0 Å². The SMILES string of the molecule is CCCCN(CCCC)c1ccc(-c2cn3ccccc3n2)c(OCCC)c1. The molecule has 0 atom stereocenters. The molecule has 3 aromatic rings. The lowest BCUT2D eigenvalue weighted by molar-refractivity contribution is 0.318. The second kappa shape index (κ2) is 10.2. The third-order valence-electron chi connectivity index (χ3n) is 5.00. The van der Waals surface area contributed by atoms with E-state index < -0.39 is 0 Å². The Hall–Kier alpha value is -2.49. The molecule has 0 radical (unpaired) electrons. The Balaban J connectivity index is 1.95. The van der Waals surface area contributed by atoms with Gasteiger partial charge in [-0.25, -0.2) is 4.98 Å². The van der Waals surface area contributed by atoms with Gasteiger partial charge in [-0.1, -0.05) is 39.7 Å². The number of hydrogen-bond acceptors (Lipinski definition) is 3. The van der Waals surface area contributed by atoms with Crippen molar-refractivity contribution in [2.45, 2.75) is 52.9 Å². The summed E-state index contributed by atoms with van der Waals surface area (Å²) >= 11 is 0. The molecule has 28 heavy (non-hydrogen) atoms. The standard InChI is InChI=1S/C24H33N3O/c1-4-7-14-26(15-8-5-2)20-12-13-21(23(18-20)28-17-6-3)22-19-27-16-10-9-11-24(27)25-22/h9-13,16,18-19H,4-8,14-15,17H2,1-3H3. The van der Waals surface area contributed by atoms with Gasteiger partial charge in [-0.15, -0.1) is 0 Å². The van der Waals surface area contributed by atoms with Crippen LogP contribution in [-0.4, -0.2) is 29.1 Å². The average Bonchev–Trinajstić information content (AvgIpc) is 3.16. The van der Waals surface area contributed by atoms with Gasteiger partial charge in [0.2, 0.25) is 0 Å². The molecule has 3 rings (SSSR count). The summed E-state index contributed by atoms with van der Waals surface area (Å²) in [6.07, 6.45) is 9.94. The predicted octanol–water partition coefficient (Wildman–Crippen LogP) is 6.20. The number of pyridine rings is 1. The number of imidazole rings is 1. The fourth-order valence-electron chi connectivity index (χ4n) is 3.38. The first-order valence-corrected chi connectivity index (χ1v) is 10.7. The van der Waals surface area contributed by atoms with E-state index in [-0.39, 0.29) is 0 Å². The zero-order valence-corrected chi connectivity index (χ0v) is 17.5. The molecule has 0 amide bonds. The highest BCUT2D eigenvalue weighted by Gasteiger charge is 2.14. The van der Waals surface area contributed by atoms with Gasteiger partial charge >= 0.3 is 0 Å².